The van der Waals surface area contributed by atoms with Gasteiger partial charge in [0.25, 0.3) is 0 Å². The van der Waals surface area contributed by atoms with Gasteiger partial charge in [-0.25, -0.2) is 0 Å². The highest BCUT2D eigenvalue weighted by atomic mass is 16.3. The summed E-state index contributed by atoms with van der Waals surface area (Å²) in [7, 11) is 0. The summed E-state index contributed by atoms with van der Waals surface area (Å²) in [6.45, 7) is 4.68. The van der Waals surface area contributed by atoms with Crippen LogP contribution in [0.2, 0.25) is 0 Å². The van der Waals surface area contributed by atoms with E-state index in [4.69, 9.17) is 4.42 Å². The molecule has 0 saturated heterocycles. The van der Waals surface area contributed by atoms with E-state index in [1.807, 2.05) is 6.07 Å². The van der Waals surface area contributed by atoms with E-state index in [1.165, 1.54) is 44.2 Å². The Balaban J connectivity index is 1.30. The summed E-state index contributed by atoms with van der Waals surface area (Å²) in [4.78, 5) is 2.40. The summed E-state index contributed by atoms with van der Waals surface area (Å²) in [6, 6.07) is 54.6. The van der Waals surface area contributed by atoms with Crippen LogP contribution in [0.25, 0.3) is 55.0 Å². The number of benzene rings is 7. The Morgan fingerprint density at radius 1 is 0.489 bits per heavy atom. The molecule has 8 aromatic rings. The van der Waals surface area contributed by atoms with Crippen LogP contribution in [-0.2, 0) is 5.41 Å². The van der Waals surface area contributed by atoms with Crippen molar-refractivity contribution in [3.63, 3.8) is 0 Å². The van der Waals surface area contributed by atoms with Crippen molar-refractivity contribution in [2.24, 2.45) is 0 Å². The van der Waals surface area contributed by atoms with Crippen LogP contribution in [0.4, 0.5) is 17.1 Å². The molecule has 0 spiro atoms. The summed E-state index contributed by atoms with van der Waals surface area (Å²) < 4.78 is 6.64. The predicted octanol–water partition coefficient (Wildman–Crippen LogP) is 12.2. The highest BCUT2D eigenvalue weighted by molar-refractivity contribution is 6.11. The van der Waals surface area contributed by atoms with Gasteiger partial charge in [0, 0.05) is 27.4 Å². The minimum Gasteiger partial charge on any atom is -0.454 e. The highest BCUT2D eigenvalue weighted by Gasteiger charge is 2.38. The molecule has 0 unspecified atom stereocenters. The molecule has 0 bridgehead atoms. The molecule has 1 aliphatic carbocycles. The first kappa shape index (κ1) is 25.9. The number of rotatable bonds is 4. The number of nitrogens with zero attached hydrogens (tertiary/aromatic N) is 1. The number of hydrogen-bond acceptors (Lipinski definition) is 2. The van der Waals surface area contributed by atoms with Crippen molar-refractivity contribution in [1.29, 1.82) is 0 Å². The molecule has 0 fully saturated rings. The van der Waals surface area contributed by atoms with Gasteiger partial charge in [-0.3, -0.25) is 0 Å². The molecular formula is C43H31NO. The van der Waals surface area contributed by atoms with Gasteiger partial charge >= 0.3 is 0 Å². The van der Waals surface area contributed by atoms with Gasteiger partial charge in [-0.1, -0.05) is 135 Å². The topological polar surface area (TPSA) is 16.4 Å². The molecule has 0 radical (unpaired) electrons. The Bertz CT molecular complexity index is 2410. The molecule has 1 aliphatic rings. The van der Waals surface area contributed by atoms with Gasteiger partial charge in [0.15, 0.2) is 5.58 Å². The average molecular weight is 578 g/mol. The van der Waals surface area contributed by atoms with Crippen LogP contribution in [0.5, 0.6) is 0 Å². The van der Waals surface area contributed by atoms with Crippen LogP contribution in [0.3, 0.4) is 0 Å². The normalized spacial score (nSPS) is 13.3. The molecule has 2 nitrogen and oxygen atoms in total. The van der Waals surface area contributed by atoms with Gasteiger partial charge in [-0.05, 0) is 68.9 Å². The van der Waals surface area contributed by atoms with E-state index in [-0.39, 0.29) is 5.41 Å². The van der Waals surface area contributed by atoms with Crippen LogP contribution in [-0.4, -0.2) is 0 Å². The third kappa shape index (κ3) is 3.82. The maximum Gasteiger partial charge on any atom is 0.159 e. The number of para-hydroxylation sites is 2. The molecule has 9 rings (SSSR count). The van der Waals surface area contributed by atoms with Crippen molar-refractivity contribution in [3.8, 4) is 22.3 Å². The summed E-state index contributed by atoms with van der Waals surface area (Å²) in [5.74, 6) is 0. The molecule has 1 heterocycles. The van der Waals surface area contributed by atoms with Crippen LogP contribution in [0.15, 0.2) is 156 Å². The molecular weight excluding hydrogens is 546 g/mol. The zero-order valence-corrected chi connectivity index (χ0v) is 25.3. The molecule has 0 saturated carbocycles. The lowest BCUT2D eigenvalue weighted by molar-refractivity contribution is 0.660. The lowest BCUT2D eigenvalue weighted by atomic mass is 9.82. The number of hydrogen-bond donors (Lipinski definition) is 0. The summed E-state index contributed by atoms with van der Waals surface area (Å²) >= 11 is 0. The van der Waals surface area contributed by atoms with Crippen molar-refractivity contribution < 1.29 is 4.42 Å². The first-order chi connectivity index (χ1) is 22.1. The predicted molar refractivity (Wildman–Crippen MR) is 189 cm³/mol. The molecule has 1 aromatic heterocycles. The second-order valence-electron chi connectivity index (χ2n) is 12.5. The molecule has 7 aromatic carbocycles. The molecule has 0 N–H and O–H groups in total. The van der Waals surface area contributed by atoms with E-state index in [2.05, 4.69) is 164 Å². The van der Waals surface area contributed by atoms with Gasteiger partial charge < -0.3 is 9.32 Å². The third-order valence-corrected chi connectivity index (χ3v) is 9.68. The van der Waals surface area contributed by atoms with Gasteiger partial charge in [0.2, 0.25) is 0 Å². The maximum atomic E-state index is 6.64. The van der Waals surface area contributed by atoms with Crippen molar-refractivity contribution in [2.75, 3.05) is 4.90 Å². The highest BCUT2D eigenvalue weighted by Crippen LogP contribution is 2.55. The largest absolute Gasteiger partial charge is 0.454 e. The van der Waals surface area contributed by atoms with Crippen LogP contribution < -0.4 is 4.90 Å². The second-order valence-corrected chi connectivity index (χ2v) is 12.5. The van der Waals surface area contributed by atoms with E-state index in [0.29, 0.717) is 0 Å². The molecule has 0 amide bonds. The zero-order valence-electron chi connectivity index (χ0n) is 25.3. The maximum absolute atomic E-state index is 6.64. The first-order valence-electron chi connectivity index (χ1n) is 15.6. The van der Waals surface area contributed by atoms with Crippen molar-refractivity contribution >= 4 is 49.8 Å². The molecule has 0 atom stereocenters. The van der Waals surface area contributed by atoms with Gasteiger partial charge in [0.1, 0.15) is 5.58 Å². The SMILES string of the molecule is CC1(C)c2ccccc2-c2c(N(c3ccc(-c4cccc5ccccc45)cc3)c3cccc4c3oc3ccccc34)cccc21. The number of fused-ring (bicyclic) bond motifs is 7. The lowest BCUT2D eigenvalue weighted by Crippen LogP contribution is -2.16. The van der Waals surface area contributed by atoms with Gasteiger partial charge in [-0.15, -0.1) is 0 Å². The van der Waals surface area contributed by atoms with Crippen molar-refractivity contribution in [3.05, 3.63) is 163 Å². The Hall–Kier alpha value is -5.60. The fourth-order valence-corrected chi connectivity index (χ4v) is 7.51. The summed E-state index contributed by atoms with van der Waals surface area (Å²) in [5, 5.41) is 4.76. The van der Waals surface area contributed by atoms with Gasteiger partial charge in [-0.2, -0.15) is 0 Å². The van der Waals surface area contributed by atoms with Crippen LogP contribution >= 0.6 is 0 Å². The van der Waals surface area contributed by atoms with Crippen molar-refractivity contribution in [1.82, 2.24) is 0 Å². The van der Waals surface area contributed by atoms with E-state index < -0.39 is 0 Å². The quantitative estimate of drug-likeness (QED) is 0.207. The lowest BCUT2D eigenvalue weighted by Gasteiger charge is -2.29. The summed E-state index contributed by atoms with van der Waals surface area (Å²) in [6.07, 6.45) is 0. The first-order valence-corrected chi connectivity index (χ1v) is 15.6. The van der Waals surface area contributed by atoms with E-state index in [1.54, 1.807) is 0 Å². The van der Waals surface area contributed by atoms with E-state index in [9.17, 15) is 0 Å². The Kier molecular flexibility index (Phi) is 5.58. The van der Waals surface area contributed by atoms with E-state index in [0.717, 1.165) is 39.0 Å². The Labute approximate surface area is 262 Å². The average Bonchev–Trinajstić information content (AvgIpc) is 3.58. The Morgan fingerprint density at radius 2 is 1.11 bits per heavy atom. The monoisotopic (exact) mass is 577 g/mol. The zero-order chi connectivity index (χ0) is 30.1. The summed E-state index contributed by atoms with van der Waals surface area (Å²) in [5.41, 5.74) is 12.7. The number of anilines is 3. The van der Waals surface area contributed by atoms with Crippen LogP contribution in [0, 0.1) is 0 Å². The van der Waals surface area contributed by atoms with E-state index >= 15 is 0 Å². The molecule has 45 heavy (non-hydrogen) atoms. The number of furan rings is 1. The smallest absolute Gasteiger partial charge is 0.159 e. The Morgan fingerprint density at radius 3 is 2.00 bits per heavy atom. The molecule has 214 valence electrons. The van der Waals surface area contributed by atoms with Crippen LogP contribution in [0.1, 0.15) is 25.0 Å². The molecule has 2 heteroatoms. The fourth-order valence-electron chi connectivity index (χ4n) is 7.51. The third-order valence-electron chi connectivity index (χ3n) is 9.68. The fraction of sp³-hybridized carbons (Fsp3) is 0.0698. The molecule has 0 aliphatic heterocycles. The second kappa shape index (κ2) is 9.70. The minimum absolute atomic E-state index is 0.1000. The minimum atomic E-state index is -0.1000. The van der Waals surface area contributed by atoms with Crippen molar-refractivity contribution in [2.45, 2.75) is 19.3 Å². The van der Waals surface area contributed by atoms with Gasteiger partial charge in [0.05, 0.1) is 11.4 Å². The standard InChI is InChI=1S/C43H31NO/c1-43(2)36-19-7-5-16-35(36)41-37(43)20-11-21-38(41)44(39-22-10-18-34-33-15-6-8-23-40(33)45-42(34)39)30-26-24-29(25-27-30)32-17-9-13-28-12-3-4-14-31(28)32/h3-27H,1-2H3.